The highest BCUT2D eigenvalue weighted by molar-refractivity contribution is 6.31. The highest BCUT2D eigenvalue weighted by atomic mass is 35.5. The Morgan fingerprint density at radius 1 is 1.14 bits per heavy atom. The molecular formula is C31H22Cl2F4N4O3. The Morgan fingerprint density at radius 2 is 1.91 bits per heavy atom. The first kappa shape index (κ1) is 27.8. The summed E-state index contributed by atoms with van der Waals surface area (Å²) in [4.78, 5) is 32.8. The van der Waals surface area contributed by atoms with Gasteiger partial charge in [-0.1, -0.05) is 41.4 Å². The molecule has 4 aliphatic rings. The zero-order chi connectivity index (χ0) is 30.9. The van der Waals surface area contributed by atoms with E-state index in [2.05, 4.69) is 15.2 Å². The van der Waals surface area contributed by atoms with Crippen LogP contribution in [0.2, 0.25) is 10.0 Å². The van der Waals surface area contributed by atoms with Gasteiger partial charge in [0, 0.05) is 47.2 Å². The van der Waals surface area contributed by atoms with Crippen molar-refractivity contribution in [3.05, 3.63) is 92.5 Å². The van der Waals surface area contributed by atoms with E-state index in [4.69, 9.17) is 23.2 Å². The zero-order valence-corrected chi connectivity index (χ0v) is 24.1. The van der Waals surface area contributed by atoms with Crippen LogP contribution in [0.15, 0.2) is 48.5 Å². The Bertz CT molecular complexity index is 1940. The average Bonchev–Trinajstić information content (AvgIpc) is 3.40. The summed E-state index contributed by atoms with van der Waals surface area (Å²) < 4.78 is 60.9. The fourth-order valence-corrected chi connectivity index (χ4v) is 8.23. The standard InChI is InChI=1S/C31H22Cl2F4N4O3/c32-14-6-8-17-19(10-14)38-29(44)30(17)23(15-2-1-3-18(33)25(15)34)22-21(41(30)11-13-4-5-13)12-40-20-9-7-16(28(42)43)24(31(35,36)37)26(20)39-27(22)40/h1-3,6-10,13,21-23H,4-5,11-12H2,(H,38,44)(H,42,43)/t21-,22+,23-,30+/m0/s1. The minimum absolute atomic E-state index is 0.125. The zero-order valence-electron chi connectivity index (χ0n) is 22.6. The summed E-state index contributed by atoms with van der Waals surface area (Å²) in [5.74, 6) is -4.00. The Kier molecular flexibility index (Phi) is 5.81. The normalized spacial score (nSPS) is 25.9. The van der Waals surface area contributed by atoms with Crippen LogP contribution in [0.25, 0.3) is 11.0 Å². The van der Waals surface area contributed by atoms with Crippen molar-refractivity contribution in [2.75, 3.05) is 11.9 Å². The topological polar surface area (TPSA) is 87.5 Å². The molecule has 3 aromatic carbocycles. The summed E-state index contributed by atoms with van der Waals surface area (Å²) in [7, 11) is 0. The van der Waals surface area contributed by atoms with Crippen LogP contribution in [0.5, 0.6) is 0 Å². The van der Waals surface area contributed by atoms with Crippen LogP contribution in [0, 0.1) is 11.7 Å². The second-order valence-corrected chi connectivity index (χ2v) is 12.8. The fraction of sp³-hybridized carbons (Fsp3) is 0.323. The molecule has 4 heterocycles. The van der Waals surface area contributed by atoms with Gasteiger partial charge in [-0.3, -0.25) is 9.69 Å². The summed E-state index contributed by atoms with van der Waals surface area (Å²) in [6.45, 7) is 0.679. The molecule has 3 aliphatic heterocycles. The van der Waals surface area contributed by atoms with Crippen LogP contribution in [0.3, 0.4) is 0 Å². The van der Waals surface area contributed by atoms with E-state index in [1.807, 2.05) is 0 Å². The number of alkyl halides is 3. The number of fused-ring (bicyclic) bond motifs is 7. The molecule has 1 aliphatic carbocycles. The molecule has 0 radical (unpaired) electrons. The third-order valence-corrected chi connectivity index (χ3v) is 10.2. The number of aromatic carboxylic acids is 1. The van der Waals surface area contributed by atoms with Gasteiger partial charge in [0.05, 0.1) is 21.7 Å². The third-order valence-electron chi connectivity index (χ3n) is 9.66. The number of halogens is 6. The maximum absolute atomic E-state index is 16.1. The maximum atomic E-state index is 16.1. The molecule has 4 aromatic rings. The van der Waals surface area contributed by atoms with Crippen molar-refractivity contribution in [2.24, 2.45) is 5.92 Å². The van der Waals surface area contributed by atoms with Crippen LogP contribution in [0.1, 0.15) is 57.6 Å². The molecule has 1 amide bonds. The average molecular weight is 645 g/mol. The number of hydrogen-bond donors (Lipinski definition) is 2. The fourth-order valence-electron chi connectivity index (χ4n) is 7.88. The monoisotopic (exact) mass is 644 g/mol. The number of anilines is 1. The number of amides is 1. The minimum Gasteiger partial charge on any atom is -0.478 e. The molecule has 0 unspecified atom stereocenters. The van der Waals surface area contributed by atoms with Gasteiger partial charge in [-0.2, -0.15) is 13.2 Å². The minimum atomic E-state index is -5.00. The number of likely N-dealkylation sites (tertiary alicyclic amines) is 1. The first-order valence-electron chi connectivity index (χ1n) is 14.1. The molecular weight excluding hydrogens is 623 g/mol. The molecule has 8 rings (SSSR count). The first-order chi connectivity index (χ1) is 20.9. The lowest BCUT2D eigenvalue weighted by molar-refractivity contribution is -0.137. The van der Waals surface area contributed by atoms with E-state index in [0.717, 1.165) is 18.9 Å². The van der Waals surface area contributed by atoms with Gasteiger partial charge in [0.1, 0.15) is 22.7 Å². The predicted octanol–water partition coefficient (Wildman–Crippen LogP) is 7.02. The van der Waals surface area contributed by atoms with Crippen molar-refractivity contribution in [1.29, 1.82) is 0 Å². The summed E-state index contributed by atoms with van der Waals surface area (Å²) >= 11 is 12.6. The van der Waals surface area contributed by atoms with Crippen LogP contribution in [-0.2, 0) is 23.1 Å². The molecule has 13 heteroatoms. The molecule has 0 bridgehead atoms. The quantitative estimate of drug-likeness (QED) is 0.233. The van der Waals surface area contributed by atoms with E-state index in [1.54, 1.807) is 34.9 Å². The van der Waals surface area contributed by atoms with Crippen molar-refractivity contribution >= 4 is 51.8 Å². The van der Waals surface area contributed by atoms with Gasteiger partial charge in [-0.15, -0.1) is 0 Å². The molecule has 2 N–H and O–H groups in total. The Labute approximate surface area is 257 Å². The van der Waals surface area contributed by atoms with Gasteiger partial charge in [0.2, 0.25) is 5.91 Å². The molecule has 1 spiro atoms. The molecule has 4 atom stereocenters. The van der Waals surface area contributed by atoms with Crippen LogP contribution in [0.4, 0.5) is 23.2 Å². The largest absolute Gasteiger partial charge is 0.478 e. The van der Waals surface area contributed by atoms with Gasteiger partial charge in [0.25, 0.3) is 0 Å². The number of nitrogens with one attached hydrogen (secondary N) is 1. The van der Waals surface area contributed by atoms with Gasteiger partial charge in [0.15, 0.2) is 0 Å². The second kappa shape index (κ2) is 9.18. The van der Waals surface area contributed by atoms with Crippen molar-refractivity contribution < 1.29 is 32.3 Å². The van der Waals surface area contributed by atoms with Crippen molar-refractivity contribution in [3.63, 3.8) is 0 Å². The van der Waals surface area contributed by atoms with Gasteiger partial charge in [-0.05, 0) is 54.7 Å². The van der Waals surface area contributed by atoms with E-state index in [1.165, 1.54) is 12.1 Å². The summed E-state index contributed by atoms with van der Waals surface area (Å²) in [6.07, 6.45) is -3.09. The molecule has 7 nitrogen and oxygen atoms in total. The summed E-state index contributed by atoms with van der Waals surface area (Å²) in [5.41, 5.74) is -2.83. The summed E-state index contributed by atoms with van der Waals surface area (Å²) in [5, 5.41) is 12.8. The predicted molar refractivity (Wildman–Crippen MR) is 154 cm³/mol. The maximum Gasteiger partial charge on any atom is 0.419 e. The molecule has 226 valence electrons. The summed E-state index contributed by atoms with van der Waals surface area (Å²) in [6, 6.07) is 11.4. The van der Waals surface area contributed by atoms with Gasteiger partial charge < -0.3 is 15.0 Å². The SMILES string of the molecule is O=C(O)c1ccc2c(nc3n2C[C@H]2[C@@H]3[C@H](c3cccc(Cl)c3F)[C@]3(C(=O)Nc4cc(Cl)ccc43)N2CC2CC2)c1C(F)(F)F. The third kappa shape index (κ3) is 3.63. The number of rotatable bonds is 4. The lowest BCUT2D eigenvalue weighted by atomic mass is 9.71. The number of carboxylic acids is 1. The molecule has 44 heavy (non-hydrogen) atoms. The smallest absolute Gasteiger partial charge is 0.419 e. The van der Waals surface area contributed by atoms with E-state index in [0.29, 0.717) is 28.7 Å². The van der Waals surface area contributed by atoms with Crippen molar-refractivity contribution in [1.82, 2.24) is 14.5 Å². The van der Waals surface area contributed by atoms with Gasteiger partial charge >= 0.3 is 12.1 Å². The first-order valence-corrected chi connectivity index (χ1v) is 14.8. The lowest BCUT2D eigenvalue weighted by Gasteiger charge is -2.40. The Balaban J connectivity index is 1.44. The van der Waals surface area contributed by atoms with Crippen LogP contribution < -0.4 is 5.32 Å². The number of carbonyl (C=O) groups is 2. The molecule has 1 aromatic heterocycles. The number of hydrogen-bond acceptors (Lipinski definition) is 4. The number of imidazole rings is 1. The lowest BCUT2D eigenvalue weighted by Crippen LogP contribution is -2.53. The number of carbonyl (C=O) groups excluding carboxylic acids is 1. The van der Waals surface area contributed by atoms with Crippen molar-refractivity contribution in [2.45, 2.75) is 49.0 Å². The Morgan fingerprint density at radius 3 is 2.61 bits per heavy atom. The van der Waals surface area contributed by atoms with E-state index < -0.39 is 58.0 Å². The number of aromatic nitrogens is 2. The number of carboxylic acid groups (broad SMARTS) is 1. The molecule has 1 saturated carbocycles. The molecule has 1 saturated heterocycles. The van der Waals surface area contributed by atoms with E-state index in [-0.39, 0.29) is 34.4 Å². The highest BCUT2D eigenvalue weighted by Crippen LogP contribution is 2.65. The number of nitrogens with zero attached hydrogens (tertiary/aromatic N) is 3. The molecule has 2 fully saturated rings. The van der Waals surface area contributed by atoms with E-state index in [9.17, 15) is 27.9 Å². The van der Waals surface area contributed by atoms with Crippen LogP contribution in [-0.4, -0.2) is 44.0 Å². The Hall–Kier alpha value is -3.67. The van der Waals surface area contributed by atoms with Crippen LogP contribution >= 0.6 is 23.2 Å². The van der Waals surface area contributed by atoms with Gasteiger partial charge in [-0.25, -0.2) is 14.2 Å². The van der Waals surface area contributed by atoms with E-state index >= 15 is 4.39 Å². The highest BCUT2D eigenvalue weighted by Gasteiger charge is 2.70. The number of benzene rings is 3. The van der Waals surface area contributed by atoms with Crippen molar-refractivity contribution in [3.8, 4) is 0 Å². The second-order valence-electron chi connectivity index (χ2n) is 12.0.